The van der Waals surface area contributed by atoms with Gasteiger partial charge in [-0.2, -0.15) is 0 Å². The van der Waals surface area contributed by atoms with E-state index in [0.29, 0.717) is 5.75 Å². The third kappa shape index (κ3) is 2.51. The normalized spacial score (nSPS) is 10.1. The lowest BCUT2D eigenvalue weighted by Crippen LogP contribution is -2.08. The summed E-state index contributed by atoms with van der Waals surface area (Å²) in [6, 6.07) is 7.24. The number of H-pyrrole nitrogens is 1. The number of nitrogens with one attached hydrogen (secondary N) is 1. The van der Waals surface area contributed by atoms with E-state index >= 15 is 0 Å². The SMILES string of the molecule is O=c1[nH]cnc(Oc2ccc(Br)cc2)c1Br. The minimum absolute atomic E-state index is 0.242. The lowest BCUT2D eigenvalue weighted by atomic mass is 10.3. The van der Waals surface area contributed by atoms with Crippen molar-refractivity contribution in [1.82, 2.24) is 9.97 Å². The number of halogens is 2. The van der Waals surface area contributed by atoms with Gasteiger partial charge in [0.25, 0.3) is 5.56 Å². The molecule has 1 aromatic carbocycles. The molecule has 0 atom stereocenters. The Morgan fingerprint density at radius 2 is 1.88 bits per heavy atom. The Labute approximate surface area is 108 Å². The zero-order chi connectivity index (χ0) is 11.5. The van der Waals surface area contributed by atoms with Crippen LogP contribution in [0.25, 0.3) is 0 Å². The average Bonchev–Trinajstić information content (AvgIpc) is 2.28. The number of aromatic nitrogens is 2. The summed E-state index contributed by atoms with van der Waals surface area (Å²) in [5, 5.41) is 0. The fourth-order valence-electron chi connectivity index (χ4n) is 1.05. The molecule has 0 radical (unpaired) electrons. The Balaban J connectivity index is 2.30. The van der Waals surface area contributed by atoms with Gasteiger partial charge in [-0.15, -0.1) is 0 Å². The highest BCUT2D eigenvalue weighted by atomic mass is 79.9. The molecular formula is C10H6Br2N2O2. The van der Waals surface area contributed by atoms with Gasteiger partial charge in [-0.25, -0.2) is 4.98 Å². The zero-order valence-electron chi connectivity index (χ0n) is 7.91. The van der Waals surface area contributed by atoms with Gasteiger partial charge in [-0.05, 0) is 40.2 Å². The van der Waals surface area contributed by atoms with E-state index in [0.717, 1.165) is 4.47 Å². The standard InChI is InChI=1S/C10H6Br2N2O2/c11-6-1-3-7(4-2-6)16-10-8(12)9(15)13-5-14-10/h1-5H,(H,13,14,15). The van der Waals surface area contributed by atoms with E-state index < -0.39 is 0 Å². The molecule has 0 saturated carbocycles. The molecule has 0 aliphatic rings. The van der Waals surface area contributed by atoms with Gasteiger partial charge in [0, 0.05) is 4.47 Å². The molecule has 0 unspecified atom stereocenters. The zero-order valence-corrected chi connectivity index (χ0v) is 11.1. The molecule has 0 saturated heterocycles. The number of rotatable bonds is 2. The minimum Gasteiger partial charge on any atom is -0.438 e. The summed E-state index contributed by atoms with van der Waals surface area (Å²) in [6.07, 6.45) is 1.29. The van der Waals surface area contributed by atoms with E-state index in [9.17, 15) is 4.79 Å². The second-order valence-corrected chi connectivity index (χ2v) is 4.62. The Hall–Kier alpha value is -1.14. The first-order chi connectivity index (χ1) is 7.66. The highest BCUT2D eigenvalue weighted by Crippen LogP contribution is 2.25. The monoisotopic (exact) mass is 344 g/mol. The molecule has 1 N–H and O–H groups in total. The molecule has 1 heterocycles. The van der Waals surface area contributed by atoms with E-state index in [4.69, 9.17) is 4.74 Å². The van der Waals surface area contributed by atoms with E-state index in [-0.39, 0.29) is 15.9 Å². The third-order valence-electron chi connectivity index (χ3n) is 1.79. The lowest BCUT2D eigenvalue weighted by molar-refractivity contribution is 0.457. The fourth-order valence-corrected chi connectivity index (χ4v) is 1.61. The Bertz CT molecular complexity index is 551. The van der Waals surface area contributed by atoms with Crippen molar-refractivity contribution in [2.24, 2.45) is 0 Å². The number of aromatic amines is 1. The second kappa shape index (κ2) is 4.80. The summed E-state index contributed by atoms with van der Waals surface area (Å²) < 4.78 is 6.68. The number of benzene rings is 1. The van der Waals surface area contributed by atoms with Gasteiger partial charge in [0.2, 0.25) is 5.88 Å². The number of hydrogen-bond acceptors (Lipinski definition) is 3. The Kier molecular flexibility index (Phi) is 3.40. The lowest BCUT2D eigenvalue weighted by Gasteiger charge is -2.05. The quantitative estimate of drug-likeness (QED) is 0.909. The molecule has 1 aromatic heterocycles. The molecule has 0 fully saturated rings. The van der Waals surface area contributed by atoms with E-state index in [1.807, 2.05) is 12.1 Å². The second-order valence-electron chi connectivity index (χ2n) is 2.91. The van der Waals surface area contributed by atoms with Crippen molar-refractivity contribution in [3.8, 4) is 11.6 Å². The summed E-state index contributed by atoms with van der Waals surface area (Å²) in [5.41, 5.74) is -0.276. The van der Waals surface area contributed by atoms with Gasteiger partial charge < -0.3 is 9.72 Å². The molecule has 16 heavy (non-hydrogen) atoms. The van der Waals surface area contributed by atoms with Crippen molar-refractivity contribution in [3.05, 3.63) is 49.9 Å². The maximum absolute atomic E-state index is 11.3. The predicted molar refractivity (Wildman–Crippen MR) is 66.8 cm³/mol. The fraction of sp³-hybridized carbons (Fsp3) is 0. The van der Waals surface area contributed by atoms with Crippen LogP contribution < -0.4 is 10.3 Å². The number of nitrogens with zero attached hydrogens (tertiary/aromatic N) is 1. The number of hydrogen-bond donors (Lipinski definition) is 1. The van der Waals surface area contributed by atoms with Crippen LogP contribution in [0, 0.1) is 0 Å². The van der Waals surface area contributed by atoms with Crippen LogP contribution in [0.1, 0.15) is 0 Å². The van der Waals surface area contributed by atoms with Crippen LogP contribution in [0.5, 0.6) is 11.6 Å². The summed E-state index contributed by atoms with van der Waals surface area (Å²) in [7, 11) is 0. The van der Waals surface area contributed by atoms with Crippen LogP contribution in [-0.2, 0) is 0 Å². The van der Waals surface area contributed by atoms with Gasteiger partial charge in [0.1, 0.15) is 10.2 Å². The first-order valence-electron chi connectivity index (χ1n) is 4.33. The summed E-state index contributed by atoms with van der Waals surface area (Å²) in [4.78, 5) is 17.6. The van der Waals surface area contributed by atoms with Crippen LogP contribution in [0.3, 0.4) is 0 Å². The first-order valence-corrected chi connectivity index (χ1v) is 5.92. The van der Waals surface area contributed by atoms with Crippen LogP contribution in [0.4, 0.5) is 0 Å². The largest absolute Gasteiger partial charge is 0.438 e. The number of ether oxygens (including phenoxy) is 1. The predicted octanol–water partition coefficient (Wildman–Crippen LogP) is 3.09. The minimum atomic E-state index is -0.276. The van der Waals surface area contributed by atoms with Crippen molar-refractivity contribution in [3.63, 3.8) is 0 Å². The molecule has 0 spiro atoms. The maximum Gasteiger partial charge on any atom is 0.268 e. The van der Waals surface area contributed by atoms with Crippen molar-refractivity contribution >= 4 is 31.9 Å². The molecule has 0 aliphatic carbocycles. The van der Waals surface area contributed by atoms with E-state index in [1.54, 1.807) is 12.1 Å². The molecule has 0 aliphatic heterocycles. The summed E-state index contributed by atoms with van der Waals surface area (Å²) in [5.74, 6) is 0.855. The van der Waals surface area contributed by atoms with E-state index in [1.165, 1.54) is 6.33 Å². The molecule has 6 heteroatoms. The van der Waals surface area contributed by atoms with Crippen molar-refractivity contribution in [1.29, 1.82) is 0 Å². The molecule has 2 rings (SSSR count). The maximum atomic E-state index is 11.3. The van der Waals surface area contributed by atoms with Crippen LogP contribution in [0.2, 0.25) is 0 Å². The smallest absolute Gasteiger partial charge is 0.268 e. The molecule has 2 aromatic rings. The Morgan fingerprint density at radius 1 is 1.19 bits per heavy atom. The van der Waals surface area contributed by atoms with Crippen LogP contribution >= 0.6 is 31.9 Å². The van der Waals surface area contributed by atoms with Gasteiger partial charge in [0.15, 0.2) is 0 Å². The van der Waals surface area contributed by atoms with Gasteiger partial charge >= 0.3 is 0 Å². The summed E-state index contributed by atoms with van der Waals surface area (Å²) in [6.45, 7) is 0. The highest BCUT2D eigenvalue weighted by Gasteiger charge is 2.07. The van der Waals surface area contributed by atoms with Gasteiger partial charge in [-0.3, -0.25) is 4.79 Å². The summed E-state index contributed by atoms with van der Waals surface area (Å²) >= 11 is 6.43. The Morgan fingerprint density at radius 3 is 2.56 bits per heavy atom. The molecule has 0 bridgehead atoms. The molecule has 0 amide bonds. The van der Waals surface area contributed by atoms with Crippen molar-refractivity contribution < 1.29 is 4.74 Å². The van der Waals surface area contributed by atoms with Crippen molar-refractivity contribution in [2.75, 3.05) is 0 Å². The molecule has 4 nitrogen and oxygen atoms in total. The average molecular weight is 346 g/mol. The molecular weight excluding hydrogens is 340 g/mol. The van der Waals surface area contributed by atoms with Crippen LogP contribution in [0.15, 0.2) is 44.3 Å². The van der Waals surface area contributed by atoms with E-state index in [2.05, 4.69) is 41.8 Å². The molecule has 82 valence electrons. The topological polar surface area (TPSA) is 55.0 Å². The highest BCUT2D eigenvalue weighted by molar-refractivity contribution is 9.10. The first kappa shape index (κ1) is 11.3. The van der Waals surface area contributed by atoms with Crippen LogP contribution in [-0.4, -0.2) is 9.97 Å². The third-order valence-corrected chi connectivity index (χ3v) is 3.02. The van der Waals surface area contributed by atoms with Gasteiger partial charge in [0.05, 0.1) is 6.33 Å². The van der Waals surface area contributed by atoms with Crippen molar-refractivity contribution in [2.45, 2.75) is 0 Å². The van der Waals surface area contributed by atoms with Gasteiger partial charge in [-0.1, -0.05) is 15.9 Å².